The van der Waals surface area contributed by atoms with Crippen LogP contribution in [0.4, 0.5) is 5.69 Å². The molecule has 0 heterocycles. The summed E-state index contributed by atoms with van der Waals surface area (Å²) in [6, 6.07) is 9.92. The van der Waals surface area contributed by atoms with Crippen molar-refractivity contribution in [3.63, 3.8) is 0 Å². The third-order valence-electron chi connectivity index (χ3n) is 2.30. The number of anilines is 1. The molecule has 6 heteroatoms. The third-order valence-corrected chi connectivity index (χ3v) is 2.82. The molecule has 0 aliphatic heterocycles. The van der Waals surface area contributed by atoms with Crippen molar-refractivity contribution in [1.82, 2.24) is 0 Å². The molecule has 0 unspecified atom stereocenters. The fourth-order valence-corrected chi connectivity index (χ4v) is 1.83. The Morgan fingerprint density at radius 1 is 1.11 bits per heavy atom. The number of nitrogens with zero attached hydrogens (tertiary/aromatic N) is 1. The first kappa shape index (κ1) is 13.5. The number of halogens is 2. The molecule has 0 radical (unpaired) electrons. The third kappa shape index (κ3) is 3.53. The summed E-state index contributed by atoms with van der Waals surface area (Å²) in [5, 5.41) is 23.3. The Morgan fingerprint density at radius 3 is 2.58 bits per heavy atom. The zero-order valence-corrected chi connectivity index (χ0v) is 11.2. The molecule has 0 aliphatic rings. The largest absolute Gasteiger partial charge is 0.504 e. The van der Waals surface area contributed by atoms with Gasteiger partial charge in [0.1, 0.15) is 0 Å². The molecule has 2 aromatic rings. The maximum Gasteiger partial charge on any atom is 0.176 e. The number of aromatic hydroxyl groups is 2. The van der Waals surface area contributed by atoms with E-state index in [0.29, 0.717) is 10.6 Å². The van der Waals surface area contributed by atoms with Crippen LogP contribution in [0.25, 0.3) is 0 Å². The van der Waals surface area contributed by atoms with Gasteiger partial charge in [0.2, 0.25) is 0 Å². The summed E-state index contributed by atoms with van der Waals surface area (Å²) in [5.74, 6) is -0.640. The minimum atomic E-state index is -0.346. The Balaban J connectivity index is 2.11. The number of nitrogens with one attached hydrogen (secondary N) is 1. The Morgan fingerprint density at radius 2 is 1.89 bits per heavy atom. The van der Waals surface area contributed by atoms with E-state index >= 15 is 0 Å². The zero-order valence-electron chi connectivity index (χ0n) is 9.64. The standard InChI is InChI=1S/C13H10Cl2N2O2/c14-9-2-1-3-10(6-9)17-16-7-8-4-11(15)13(19)12(18)5-8/h1-7,17-19H/b16-7+. The molecule has 98 valence electrons. The van der Waals surface area contributed by atoms with E-state index in [1.165, 1.54) is 18.3 Å². The second kappa shape index (κ2) is 5.82. The van der Waals surface area contributed by atoms with Crippen LogP contribution in [0.2, 0.25) is 10.0 Å². The number of benzene rings is 2. The van der Waals surface area contributed by atoms with E-state index in [-0.39, 0.29) is 16.5 Å². The van der Waals surface area contributed by atoms with Crippen LogP contribution < -0.4 is 5.43 Å². The average Bonchev–Trinajstić information content (AvgIpc) is 2.36. The molecular formula is C13H10Cl2N2O2. The molecule has 0 saturated carbocycles. The van der Waals surface area contributed by atoms with Crippen LogP contribution in [-0.4, -0.2) is 16.4 Å². The summed E-state index contributed by atoms with van der Waals surface area (Å²) in [4.78, 5) is 0. The van der Waals surface area contributed by atoms with Gasteiger partial charge in [-0.1, -0.05) is 29.3 Å². The van der Waals surface area contributed by atoms with E-state index < -0.39 is 0 Å². The smallest absolute Gasteiger partial charge is 0.176 e. The predicted octanol–water partition coefficient (Wildman–Crippen LogP) is 3.85. The van der Waals surface area contributed by atoms with Crippen molar-refractivity contribution in [2.75, 3.05) is 5.43 Å². The van der Waals surface area contributed by atoms with Crippen molar-refractivity contribution in [2.45, 2.75) is 0 Å². The van der Waals surface area contributed by atoms with Gasteiger partial charge in [0.25, 0.3) is 0 Å². The quantitative estimate of drug-likeness (QED) is 0.458. The first-order valence-electron chi connectivity index (χ1n) is 5.32. The lowest BCUT2D eigenvalue weighted by Crippen LogP contribution is -1.90. The predicted molar refractivity (Wildman–Crippen MR) is 77.5 cm³/mol. The Labute approximate surface area is 119 Å². The first-order chi connectivity index (χ1) is 9.06. The highest BCUT2D eigenvalue weighted by Crippen LogP contribution is 2.33. The topological polar surface area (TPSA) is 64.9 Å². The van der Waals surface area contributed by atoms with E-state index in [2.05, 4.69) is 10.5 Å². The van der Waals surface area contributed by atoms with Crippen molar-refractivity contribution >= 4 is 35.1 Å². The second-order valence-corrected chi connectivity index (χ2v) is 4.59. The van der Waals surface area contributed by atoms with Crippen LogP contribution in [0.15, 0.2) is 41.5 Å². The molecule has 0 amide bonds. The monoisotopic (exact) mass is 296 g/mol. The maximum absolute atomic E-state index is 9.40. The molecule has 0 atom stereocenters. The number of hydrogen-bond donors (Lipinski definition) is 3. The Bertz CT molecular complexity index is 607. The van der Waals surface area contributed by atoms with Gasteiger partial charge >= 0.3 is 0 Å². The van der Waals surface area contributed by atoms with E-state index in [0.717, 1.165) is 5.69 Å². The van der Waals surface area contributed by atoms with Crippen LogP contribution in [0, 0.1) is 0 Å². The van der Waals surface area contributed by atoms with Gasteiger partial charge in [-0.25, -0.2) is 0 Å². The number of hydrogen-bond acceptors (Lipinski definition) is 4. The van der Waals surface area contributed by atoms with Gasteiger partial charge in [0.15, 0.2) is 11.5 Å². The highest BCUT2D eigenvalue weighted by molar-refractivity contribution is 6.32. The van der Waals surface area contributed by atoms with Crippen molar-refractivity contribution in [3.8, 4) is 11.5 Å². The van der Waals surface area contributed by atoms with Crippen LogP contribution in [0.3, 0.4) is 0 Å². The van der Waals surface area contributed by atoms with E-state index in [4.69, 9.17) is 23.2 Å². The SMILES string of the molecule is Oc1cc(/C=N/Nc2cccc(Cl)c2)cc(Cl)c1O. The van der Waals surface area contributed by atoms with E-state index in [9.17, 15) is 10.2 Å². The van der Waals surface area contributed by atoms with E-state index in [1.807, 2.05) is 6.07 Å². The molecule has 2 rings (SSSR count). The van der Waals surface area contributed by atoms with Crippen LogP contribution in [0.1, 0.15) is 5.56 Å². The van der Waals surface area contributed by atoms with Crippen LogP contribution in [0.5, 0.6) is 11.5 Å². The summed E-state index contributed by atoms with van der Waals surface area (Å²) < 4.78 is 0. The van der Waals surface area contributed by atoms with Crippen molar-refractivity contribution < 1.29 is 10.2 Å². The second-order valence-electron chi connectivity index (χ2n) is 3.75. The number of phenolic OH excluding ortho intramolecular Hbond substituents is 2. The summed E-state index contributed by atoms with van der Waals surface area (Å²) in [7, 11) is 0. The fraction of sp³-hybridized carbons (Fsp3) is 0. The van der Waals surface area contributed by atoms with Crippen LogP contribution in [-0.2, 0) is 0 Å². The first-order valence-corrected chi connectivity index (χ1v) is 6.08. The normalized spacial score (nSPS) is 10.8. The molecule has 0 aliphatic carbocycles. The minimum absolute atomic E-state index is 0.0594. The van der Waals surface area contributed by atoms with Gasteiger partial charge < -0.3 is 10.2 Å². The minimum Gasteiger partial charge on any atom is -0.504 e. The lowest BCUT2D eigenvalue weighted by atomic mass is 10.2. The molecule has 0 aromatic heterocycles. The van der Waals surface area contributed by atoms with Gasteiger partial charge in [-0.15, -0.1) is 0 Å². The summed E-state index contributed by atoms with van der Waals surface area (Å²) in [5.41, 5.74) is 4.07. The molecule has 0 spiro atoms. The molecule has 0 saturated heterocycles. The summed E-state index contributed by atoms with van der Waals surface area (Å²) in [6.07, 6.45) is 1.46. The Kier molecular flexibility index (Phi) is 4.14. The molecular weight excluding hydrogens is 287 g/mol. The molecule has 4 nitrogen and oxygen atoms in total. The highest BCUT2D eigenvalue weighted by atomic mass is 35.5. The number of phenols is 2. The summed E-state index contributed by atoms with van der Waals surface area (Å²) >= 11 is 11.6. The van der Waals surface area contributed by atoms with Crippen molar-refractivity contribution in [2.24, 2.45) is 5.10 Å². The van der Waals surface area contributed by atoms with Crippen molar-refractivity contribution in [1.29, 1.82) is 0 Å². The maximum atomic E-state index is 9.40. The van der Waals surface area contributed by atoms with Crippen molar-refractivity contribution in [3.05, 3.63) is 52.0 Å². The molecule has 0 bridgehead atoms. The Hall–Kier alpha value is -1.91. The van der Waals surface area contributed by atoms with Gasteiger partial charge in [-0.3, -0.25) is 5.43 Å². The molecule has 0 fully saturated rings. The molecule has 3 N–H and O–H groups in total. The summed E-state index contributed by atoms with van der Waals surface area (Å²) in [6.45, 7) is 0. The van der Waals surface area contributed by atoms with Gasteiger partial charge in [-0.05, 0) is 35.9 Å². The van der Waals surface area contributed by atoms with Gasteiger partial charge in [-0.2, -0.15) is 5.10 Å². The highest BCUT2D eigenvalue weighted by Gasteiger charge is 2.05. The van der Waals surface area contributed by atoms with Gasteiger partial charge in [0.05, 0.1) is 16.9 Å². The average molecular weight is 297 g/mol. The number of hydrazone groups is 1. The fourth-order valence-electron chi connectivity index (χ4n) is 1.42. The van der Waals surface area contributed by atoms with E-state index in [1.54, 1.807) is 18.2 Å². The lowest BCUT2D eigenvalue weighted by molar-refractivity contribution is 0.404. The van der Waals surface area contributed by atoms with Gasteiger partial charge in [0, 0.05) is 5.02 Å². The zero-order chi connectivity index (χ0) is 13.8. The molecule has 19 heavy (non-hydrogen) atoms. The number of rotatable bonds is 3. The molecule has 2 aromatic carbocycles. The van der Waals surface area contributed by atoms with Crippen LogP contribution >= 0.6 is 23.2 Å². The lowest BCUT2D eigenvalue weighted by Gasteiger charge is -2.02.